The highest BCUT2D eigenvalue weighted by Crippen LogP contribution is 2.32. The number of alkyl halides is 3. The van der Waals surface area contributed by atoms with Crippen molar-refractivity contribution < 1.29 is 32.6 Å². The number of fused-ring (bicyclic) bond motifs is 2. The first kappa shape index (κ1) is 24.8. The average Bonchev–Trinajstić information content (AvgIpc) is 3.50. The fourth-order valence-corrected chi connectivity index (χ4v) is 5.29. The van der Waals surface area contributed by atoms with Crippen molar-refractivity contribution in [3.8, 4) is 5.75 Å². The predicted molar refractivity (Wildman–Crippen MR) is 130 cm³/mol. The zero-order chi connectivity index (χ0) is 26.2. The maximum absolute atomic E-state index is 13.3. The lowest BCUT2D eigenvalue weighted by atomic mass is 10.0. The number of aliphatic hydroxyl groups is 1. The molecule has 1 aliphatic heterocycles. The van der Waals surface area contributed by atoms with Crippen LogP contribution < -0.4 is 10.1 Å². The molecule has 192 valence electrons. The molecule has 0 spiro atoms. The number of carbonyl (C=O) groups excluding carboxylic acids is 2. The summed E-state index contributed by atoms with van der Waals surface area (Å²) in [5.74, 6) is -0.237. The molecule has 0 radical (unpaired) electrons. The van der Waals surface area contributed by atoms with Crippen LogP contribution in [0.25, 0.3) is 5.65 Å². The van der Waals surface area contributed by atoms with Crippen molar-refractivity contribution in [1.29, 1.82) is 0 Å². The average molecular weight is 531 g/mol. The highest BCUT2D eigenvalue weighted by Gasteiger charge is 2.31. The van der Waals surface area contributed by atoms with Gasteiger partial charge in [0.2, 0.25) is 0 Å². The summed E-state index contributed by atoms with van der Waals surface area (Å²) in [6, 6.07) is 7.91. The normalized spacial score (nSPS) is 13.5. The molecule has 4 aromatic rings. The Balaban J connectivity index is 1.31. The largest absolute Gasteiger partial charge is 0.490 e. The van der Waals surface area contributed by atoms with Crippen LogP contribution in [-0.2, 0) is 19.1 Å². The van der Waals surface area contributed by atoms with Gasteiger partial charge in [-0.1, -0.05) is 6.07 Å². The smallest absolute Gasteiger partial charge is 0.416 e. The molecule has 2 N–H and O–H groups in total. The second-order valence-electron chi connectivity index (χ2n) is 8.37. The Labute approximate surface area is 212 Å². The van der Waals surface area contributed by atoms with Crippen LogP contribution >= 0.6 is 11.3 Å². The van der Waals surface area contributed by atoms with Crippen LogP contribution in [0.15, 0.2) is 54.2 Å². The molecule has 3 aromatic heterocycles. The Morgan fingerprint density at radius 1 is 1.22 bits per heavy atom. The summed E-state index contributed by atoms with van der Waals surface area (Å²) in [5.41, 5.74) is 1.32. The summed E-state index contributed by atoms with van der Waals surface area (Å²) in [6.07, 6.45) is -0.946. The number of ether oxygens (including phenoxy) is 1. The van der Waals surface area contributed by atoms with Gasteiger partial charge in [-0.05, 0) is 42.3 Å². The summed E-state index contributed by atoms with van der Waals surface area (Å²) in [5, 5.41) is 13.2. The fraction of sp³-hybridized carbons (Fsp3) is 0.240. The van der Waals surface area contributed by atoms with Crippen LogP contribution in [0.5, 0.6) is 5.75 Å². The lowest BCUT2D eigenvalue weighted by Gasteiger charge is -2.27. The molecule has 0 aliphatic carbocycles. The summed E-state index contributed by atoms with van der Waals surface area (Å²) < 4.78 is 46.1. The van der Waals surface area contributed by atoms with Crippen molar-refractivity contribution in [2.24, 2.45) is 0 Å². The lowest BCUT2D eigenvalue weighted by Crippen LogP contribution is -2.36. The van der Waals surface area contributed by atoms with E-state index in [1.54, 1.807) is 33.0 Å². The minimum Gasteiger partial charge on any atom is -0.490 e. The second-order valence-corrected chi connectivity index (χ2v) is 9.33. The van der Waals surface area contributed by atoms with Crippen LogP contribution in [0.3, 0.4) is 0 Å². The Morgan fingerprint density at radius 3 is 2.84 bits per heavy atom. The first-order valence-corrected chi connectivity index (χ1v) is 12.2. The number of halogens is 3. The van der Waals surface area contributed by atoms with E-state index in [1.165, 1.54) is 29.7 Å². The van der Waals surface area contributed by atoms with Crippen molar-refractivity contribution >= 4 is 34.5 Å². The van der Waals surface area contributed by atoms with E-state index in [9.17, 15) is 22.8 Å². The van der Waals surface area contributed by atoms with Gasteiger partial charge in [-0.2, -0.15) is 13.2 Å². The van der Waals surface area contributed by atoms with Crippen LogP contribution in [-0.4, -0.2) is 51.0 Å². The molecule has 8 nitrogen and oxygen atoms in total. The third-order valence-electron chi connectivity index (χ3n) is 5.98. The number of nitrogens with zero attached hydrogens (tertiary/aromatic N) is 3. The van der Waals surface area contributed by atoms with Crippen molar-refractivity contribution in [3.63, 3.8) is 0 Å². The second kappa shape index (κ2) is 9.87. The molecule has 37 heavy (non-hydrogen) atoms. The number of amides is 2. The van der Waals surface area contributed by atoms with Gasteiger partial charge in [0.05, 0.1) is 36.7 Å². The summed E-state index contributed by atoms with van der Waals surface area (Å²) >= 11 is 1.33. The molecule has 2 amide bonds. The van der Waals surface area contributed by atoms with Gasteiger partial charge in [0.15, 0.2) is 0 Å². The van der Waals surface area contributed by atoms with E-state index < -0.39 is 17.6 Å². The Kier molecular flexibility index (Phi) is 6.61. The van der Waals surface area contributed by atoms with E-state index in [-0.39, 0.29) is 24.8 Å². The molecule has 0 fully saturated rings. The van der Waals surface area contributed by atoms with Crippen LogP contribution in [0, 0.1) is 0 Å². The number of hydrogen-bond acceptors (Lipinski definition) is 6. The summed E-state index contributed by atoms with van der Waals surface area (Å²) in [7, 11) is 0. The van der Waals surface area contributed by atoms with E-state index >= 15 is 0 Å². The highest BCUT2D eigenvalue weighted by molar-refractivity contribution is 7.10. The third kappa shape index (κ3) is 5.02. The molecular formula is C25H21F3N4O4S. The number of aromatic nitrogens is 2. The van der Waals surface area contributed by atoms with Crippen molar-refractivity contribution in [3.05, 3.63) is 81.4 Å². The highest BCUT2D eigenvalue weighted by atomic mass is 32.1. The molecule has 0 unspecified atom stereocenters. The van der Waals surface area contributed by atoms with E-state index in [0.717, 1.165) is 22.6 Å². The van der Waals surface area contributed by atoms with Gasteiger partial charge in [-0.15, -0.1) is 11.3 Å². The van der Waals surface area contributed by atoms with Crippen molar-refractivity contribution in [2.75, 3.05) is 25.1 Å². The molecule has 5 rings (SSSR count). The maximum atomic E-state index is 13.3. The number of anilines is 1. The zero-order valence-corrected chi connectivity index (χ0v) is 20.1. The zero-order valence-electron chi connectivity index (χ0n) is 19.3. The van der Waals surface area contributed by atoms with Crippen LogP contribution in [0.1, 0.15) is 36.9 Å². The van der Waals surface area contributed by atoms with Crippen LogP contribution in [0.2, 0.25) is 0 Å². The molecule has 0 saturated heterocycles. The molecule has 0 bridgehead atoms. The molecule has 0 atom stereocenters. The number of carbonyl (C=O) groups is 2. The number of rotatable bonds is 6. The molecular weight excluding hydrogens is 509 g/mol. The quantitative estimate of drug-likeness (QED) is 0.389. The van der Waals surface area contributed by atoms with E-state index in [4.69, 9.17) is 9.84 Å². The SMILES string of the molecule is O=C(Nc1cccc(C(F)(F)F)c1)c1csc2c1CCN(C(=O)c1cnc3ccc(OCCO)cn13)C2. The molecule has 1 aromatic carbocycles. The van der Waals surface area contributed by atoms with Gasteiger partial charge in [0, 0.05) is 22.5 Å². The van der Waals surface area contributed by atoms with Gasteiger partial charge in [0.25, 0.3) is 11.8 Å². The van der Waals surface area contributed by atoms with Gasteiger partial charge in [-0.3, -0.25) is 14.0 Å². The van der Waals surface area contributed by atoms with Crippen molar-refractivity contribution in [1.82, 2.24) is 14.3 Å². The number of thiophene rings is 1. The maximum Gasteiger partial charge on any atom is 0.416 e. The first-order chi connectivity index (χ1) is 17.7. The number of nitrogens with one attached hydrogen (secondary N) is 1. The number of aliphatic hydroxyl groups excluding tert-OH is 1. The Bertz CT molecular complexity index is 1480. The monoisotopic (exact) mass is 530 g/mol. The Hall–Kier alpha value is -3.90. The number of pyridine rings is 1. The Morgan fingerprint density at radius 2 is 2.05 bits per heavy atom. The van der Waals surface area contributed by atoms with Gasteiger partial charge in [-0.25, -0.2) is 4.98 Å². The van der Waals surface area contributed by atoms with Gasteiger partial charge in [0.1, 0.15) is 23.7 Å². The third-order valence-corrected chi connectivity index (χ3v) is 7.00. The summed E-state index contributed by atoms with van der Waals surface area (Å²) in [4.78, 5) is 33.0. The molecule has 0 saturated carbocycles. The molecule has 1 aliphatic rings. The van der Waals surface area contributed by atoms with E-state index in [2.05, 4.69) is 10.3 Å². The predicted octanol–water partition coefficient (Wildman–Crippen LogP) is 4.24. The summed E-state index contributed by atoms with van der Waals surface area (Å²) in [6.45, 7) is 0.648. The van der Waals surface area contributed by atoms with Crippen LogP contribution in [0.4, 0.5) is 18.9 Å². The minimum atomic E-state index is -4.51. The van der Waals surface area contributed by atoms with Gasteiger partial charge >= 0.3 is 6.18 Å². The number of imidazole rings is 1. The fourth-order valence-electron chi connectivity index (χ4n) is 4.19. The molecule has 12 heteroatoms. The number of hydrogen-bond donors (Lipinski definition) is 2. The van der Waals surface area contributed by atoms with Crippen molar-refractivity contribution in [2.45, 2.75) is 19.1 Å². The molecule has 4 heterocycles. The number of benzene rings is 1. The minimum absolute atomic E-state index is 0.0577. The van der Waals surface area contributed by atoms with Gasteiger partial charge < -0.3 is 20.1 Å². The topological polar surface area (TPSA) is 96.2 Å². The first-order valence-electron chi connectivity index (χ1n) is 11.3. The lowest BCUT2D eigenvalue weighted by molar-refractivity contribution is -0.137. The standard InChI is InChI=1S/C25H21F3N4O4S/c26-25(27,28)15-2-1-3-16(10-15)30-23(34)19-14-37-21-13-31(7-6-18(19)21)24(35)20-11-29-22-5-4-17(12-32(20)22)36-9-8-33/h1-5,10-12,14,33H,6-9,13H2,(H,30,34). The van der Waals surface area contributed by atoms with E-state index in [1.807, 2.05) is 0 Å². The van der Waals surface area contributed by atoms with E-state index in [0.29, 0.717) is 42.2 Å².